The molecule has 0 radical (unpaired) electrons. The molecule has 0 heterocycles. The van der Waals surface area contributed by atoms with E-state index in [0.717, 1.165) is 25.7 Å². The molecule has 0 saturated carbocycles. The largest absolute Gasteiger partial charge is 0.480 e. The summed E-state index contributed by atoms with van der Waals surface area (Å²) >= 11 is 0. The molecule has 1 amide bonds. The van der Waals surface area contributed by atoms with Crippen molar-refractivity contribution in [2.24, 2.45) is 5.92 Å². The number of amides is 1. The van der Waals surface area contributed by atoms with Gasteiger partial charge in [-0.25, -0.2) is 4.79 Å². The Bertz CT molecular complexity index is 404. The highest BCUT2D eigenvalue weighted by Gasteiger charge is 2.22. The van der Waals surface area contributed by atoms with E-state index >= 15 is 0 Å². The first-order valence-corrected chi connectivity index (χ1v) is 11.2. The molecule has 0 aliphatic carbocycles. The van der Waals surface area contributed by atoms with Crippen LogP contribution in [-0.2, 0) is 9.59 Å². The number of carbonyl (C=O) groups excluding carboxylic acids is 1. The van der Waals surface area contributed by atoms with Crippen molar-refractivity contribution >= 4 is 11.9 Å². The van der Waals surface area contributed by atoms with Crippen molar-refractivity contribution in [2.45, 2.75) is 117 Å². The molecule has 4 heteroatoms. The van der Waals surface area contributed by atoms with Crippen LogP contribution in [-0.4, -0.2) is 23.0 Å². The number of carbonyl (C=O) groups is 2. The van der Waals surface area contributed by atoms with E-state index in [1.54, 1.807) is 13.8 Å². The normalized spacial score (nSPS) is 12.6. The molecule has 158 valence electrons. The van der Waals surface area contributed by atoms with Gasteiger partial charge in [0.1, 0.15) is 6.04 Å². The highest BCUT2D eigenvalue weighted by Crippen LogP contribution is 2.10. The molecule has 0 rings (SSSR count). The number of hydrogen-bond acceptors (Lipinski definition) is 2. The van der Waals surface area contributed by atoms with Gasteiger partial charge in [0, 0.05) is 6.42 Å². The van der Waals surface area contributed by atoms with Crippen LogP contribution in [0.2, 0.25) is 0 Å². The van der Waals surface area contributed by atoms with Crippen molar-refractivity contribution in [1.82, 2.24) is 5.32 Å². The molecule has 0 fully saturated rings. The summed E-state index contributed by atoms with van der Waals surface area (Å²) in [5.74, 6) is -1.20. The van der Waals surface area contributed by atoms with Crippen molar-refractivity contribution in [1.29, 1.82) is 0 Å². The van der Waals surface area contributed by atoms with Crippen molar-refractivity contribution in [3.8, 4) is 0 Å². The fraction of sp³-hybridized carbons (Fsp3) is 0.826. The Morgan fingerprint density at radius 3 is 1.78 bits per heavy atom. The van der Waals surface area contributed by atoms with Gasteiger partial charge >= 0.3 is 5.97 Å². The lowest BCUT2D eigenvalue weighted by Gasteiger charge is -2.17. The van der Waals surface area contributed by atoms with Gasteiger partial charge in [0.15, 0.2) is 0 Å². The lowest BCUT2D eigenvalue weighted by atomic mass is 10.0. The monoisotopic (exact) mass is 381 g/mol. The quantitative estimate of drug-likeness (QED) is 0.218. The minimum absolute atomic E-state index is 0.0967. The Labute approximate surface area is 167 Å². The molecule has 27 heavy (non-hydrogen) atoms. The number of unbranched alkanes of at least 4 members (excludes halogenated alkanes) is 11. The van der Waals surface area contributed by atoms with Gasteiger partial charge in [-0.2, -0.15) is 0 Å². The third-order valence-corrected chi connectivity index (χ3v) is 4.91. The Balaban J connectivity index is 3.45. The summed E-state index contributed by atoms with van der Waals surface area (Å²) in [6, 6.07) is -0.777. The number of allylic oxidation sites excluding steroid dienone is 2. The molecular formula is C23H43NO3. The molecule has 0 spiro atoms. The second-order valence-corrected chi connectivity index (χ2v) is 7.96. The first-order chi connectivity index (χ1) is 13.0. The number of carboxylic acids is 1. The van der Waals surface area contributed by atoms with Crippen LogP contribution in [0, 0.1) is 5.92 Å². The van der Waals surface area contributed by atoms with Crippen molar-refractivity contribution in [2.75, 3.05) is 0 Å². The smallest absolute Gasteiger partial charge is 0.326 e. The van der Waals surface area contributed by atoms with Crippen LogP contribution in [0.15, 0.2) is 12.2 Å². The lowest BCUT2D eigenvalue weighted by molar-refractivity contribution is -0.143. The maximum absolute atomic E-state index is 11.8. The number of rotatable bonds is 18. The lowest BCUT2D eigenvalue weighted by Crippen LogP contribution is -2.44. The van der Waals surface area contributed by atoms with E-state index in [4.69, 9.17) is 5.11 Å². The third-order valence-electron chi connectivity index (χ3n) is 4.91. The first-order valence-electron chi connectivity index (χ1n) is 11.2. The molecule has 0 aromatic rings. The first kappa shape index (κ1) is 25.7. The van der Waals surface area contributed by atoms with E-state index in [2.05, 4.69) is 24.4 Å². The minimum Gasteiger partial charge on any atom is -0.480 e. The predicted octanol–water partition coefficient (Wildman–Crippen LogP) is 6.25. The van der Waals surface area contributed by atoms with Crippen LogP contribution in [0.25, 0.3) is 0 Å². The molecule has 1 atom stereocenters. The van der Waals surface area contributed by atoms with Crippen LogP contribution < -0.4 is 5.32 Å². The Hall–Kier alpha value is -1.32. The van der Waals surface area contributed by atoms with Crippen molar-refractivity contribution in [3.05, 3.63) is 12.2 Å². The van der Waals surface area contributed by atoms with E-state index in [9.17, 15) is 9.59 Å². The van der Waals surface area contributed by atoms with Gasteiger partial charge < -0.3 is 10.4 Å². The van der Waals surface area contributed by atoms with Gasteiger partial charge in [-0.3, -0.25) is 4.79 Å². The molecule has 0 aromatic carbocycles. The van der Waals surface area contributed by atoms with Gasteiger partial charge in [-0.15, -0.1) is 0 Å². The van der Waals surface area contributed by atoms with E-state index in [0.29, 0.717) is 6.42 Å². The zero-order valence-corrected chi connectivity index (χ0v) is 18.0. The molecule has 0 unspecified atom stereocenters. The summed E-state index contributed by atoms with van der Waals surface area (Å²) in [5, 5.41) is 11.7. The minimum atomic E-state index is -0.956. The second-order valence-electron chi connectivity index (χ2n) is 7.96. The summed E-state index contributed by atoms with van der Waals surface area (Å²) < 4.78 is 0. The topological polar surface area (TPSA) is 66.4 Å². The summed E-state index contributed by atoms with van der Waals surface area (Å²) in [5.41, 5.74) is 0. The van der Waals surface area contributed by atoms with Crippen LogP contribution in [0.4, 0.5) is 0 Å². The molecule has 0 aliphatic heterocycles. The van der Waals surface area contributed by atoms with Crippen LogP contribution in [0.1, 0.15) is 111 Å². The third kappa shape index (κ3) is 16.6. The number of aliphatic carboxylic acids is 1. The molecular weight excluding hydrogens is 338 g/mol. The average Bonchev–Trinajstić information content (AvgIpc) is 2.62. The van der Waals surface area contributed by atoms with Crippen molar-refractivity contribution < 1.29 is 14.7 Å². The number of hydrogen-bond donors (Lipinski definition) is 2. The summed E-state index contributed by atoms with van der Waals surface area (Å²) in [7, 11) is 0. The molecule has 0 bridgehead atoms. The van der Waals surface area contributed by atoms with E-state index in [-0.39, 0.29) is 11.8 Å². The SMILES string of the molecule is CCCCCCCCC=CCCCCCCCC(=O)N[C@H](C(=O)O)C(C)C. The maximum atomic E-state index is 11.8. The summed E-state index contributed by atoms with van der Waals surface area (Å²) in [4.78, 5) is 22.9. The molecule has 0 aromatic heterocycles. The van der Waals surface area contributed by atoms with Gasteiger partial charge in [-0.1, -0.05) is 84.3 Å². The predicted molar refractivity (Wildman–Crippen MR) is 114 cm³/mol. The highest BCUT2D eigenvalue weighted by atomic mass is 16.4. The number of carboxylic acid groups (broad SMARTS) is 1. The van der Waals surface area contributed by atoms with Gasteiger partial charge in [0.25, 0.3) is 0 Å². The molecule has 0 saturated heterocycles. The fourth-order valence-electron chi connectivity index (χ4n) is 3.12. The van der Waals surface area contributed by atoms with E-state index in [1.165, 1.54) is 57.8 Å². The van der Waals surface area contributed by atoms with E-state index in [1.807, 2.05) is 0 Å². The Morgan fingerprint density at radius 2 is 1.30 bits per heavy atom. The average molecular weight is 382 g/mol. The second kappa shape index (κ2) is 18.1. The van der Waals surface area contributed by atoms with Gasteiger partial charge in [0.2, 0.25) is 5.91 Å². The number of nitrogens with one attached hydrogen (secondary N) is 1. The zero-order valence-electron chi connectivity index (χ0n) is 18.0. The summed E-state index contributed by atoms with van der Waals surface area (Å²) in [6.45, 7) is 5.87. The Kier molecular flexibility index (Phi) is 17.2. The van der Waals surface area contributed by atoms with Crippen LogP contribution >= 0.6 is 0 Å². The zero-order chi connectivity index (χ0) is 20.3. The molecule has 4 nitrogen and oxygen atoms in total. The summed E-state index contributed by atoms with van der Waals surface area (Å²) in [6.07, 6.45) is 21.0. The standard InChI is InChI=1S/C23H43NO3/c1-4-5-6-7-8-9-10-11-12-13-14-15-16-17-18-19-21(25)24-22(20(2)3)23(26)27/h11-12,20,22H,4-10,13-19H2,1-3H3,(H,24,25)(H,26,27)/t22-/m0/s1. The molecule has 2 N–H and O–H groups in total. The highest BCUT2D eigenvalue weighted by molar-refractivity contribution is 5.83. The molecule has 0 aliphatic rings. The van der Waals surface area contributed by atoms with Crippen LogP contribution in [0.3, 0.4) is 0 Å². The van der Waals surface area contributed by atoms with Gasteiger partial charge in [0.05, 0.1) is 0 Å². The van der Waals surface area contributed by atoms with E-state index < -0.39 is 12.0 Å². The van der Waals surface area contributed by atoms with Crippen LogP contribution in [0.5, 0.6) is 0 Å². The Morgan fingerprint density at radius 1 is 0.815 bits per heavy atom. The maximum Gasteiger partial charge on any atom is 0.326 e. The fourth-order valence-corrected chi connectivity index (χ4v) is 3.12. The van der Waals surface area contributed by atoms with Crippen molar-refractivity contribution in [3.63, 3.8) is 0 Å². The van der Waals surface area contributed by atoms with Gasteiger partial charge in [-0.05, 0) is 38.0 Å².